The highest BCUT2D eigenvalue weighted by Gasteiger charge is 2.19. The van der Waals surface area contributed by atoms with E-state index in [-0.39, 0.29) is 18.8 Å². The van der Waals surface area contributed by atoms with Crippen LogP contribution in [0.1, 0.15) is 32.3 Å². The second-order valence-corrected chi connectivity index (χ2v) is 7.57. The molecule has 0 amide bonds. The Morgan fingerprint density at radius 3 is 2.68 bits per heavy atom. The summed E-state index contributed by atoms with van der Waals surface area (Å²) in [6.45, 7) is 8.49. The molecular weight excluding hydrogens is 360 g/mol. The summed E-state index contributed by atoms with van der Waals surface area (Å²) in [5.74, 6) is 1.51. The highest BCUT2D eigenvalue weighted by molar-refractivity contribution is 5.40. The molecule has 0 unspecified atom stereocenters. The number of methoxy groups -OCH3 is 1. The van der Waals surface area contributed by atoms with Gasteiger partial charge in [0, 0.05) is 38.3 Å². The maximum Gasteiger partial charge on any atom is 0.124 e. The summed E-state index contributed by atoms with van der Waals surface area (Å²) in [6.07, 6.45) is 0.981. The fourth-order valence-electron chi connectivity index (χ4n) is 3.19. The van der Waals surface area contributed by atoms with Gasteiger partial charge in [-0.3, -0.25) is 0 Å². The molecule has 1 saturated heterocycles. The molecule has 7 heteroatoms. The molecule has 1 aliphatic rings. The molecule has 1 heterocycles. The van der Waals surface area contributed by atoms with E-state index in [4.69, 9.17) is 14.2 Å². The number of hydrogen-bond donors (Lipinski definition) is 3. The SMILES string of the molecule is COc1ccc(OC[C@@H](O)CN2CCC(O)CC2)c(CNCCOC(C)C)c1. The van der Waals surface area contributed by atoms with E-state index < -0.39 is 6.10 Å². The van der Waals surface area contributed by atoms with Crippen molar-refractivity contribution >= 4 is 0 Å². The number of rotatable bonds is 12. The van der Waals surface area contributed by atoms with E-state index in [9.17, 15) is 10.2 Å². The van der Waals surface area contributed by atoms with Crippen LogP contribution >= 0.6 is 0 Å². The normalized spacial score (nSPS) is 17.1. The number of aliphatic hydroxyl groups is 2. The molecule has 1 atom stereocenters. The van der Waals surface area contributed by atoms with Crippen LogP contribution in [-0.4, -0.2) is 79.9 Å². The summed E-state index contributed by atoms with van der Waals surface area (Å²) in [4.78, 5) is 2.17. The van der Waals surface area contributed by atoms with Gasteiger partial charge < -0.3 is 34.6 Å². The Morgan fingerprint density at radius 2 is 2.00 bits per heavy atom. The smallest absolute Gasteiger partial charge is 0.124 e. The highest BCUT2D eigenvalue weighted by Crippen LogP contribution is 2.24. The Kier molecular flexibility index (Phi) is 10.0. The van der Waals surface area contributed by atoms with Crippen LogP contribution in [0.5, 0.6) is 11.5 Å². The zero-order chi connectivity index (χ0) is 20.4. The predicted molar refractivity (Wildman–Crippen MR) is 109 cm³/mol. The number of aliphatic hydroxyl groups excluding tert-OH is 2. The lowest BCUT2D eigenvalue weighted by atomic mass is 10.1. The van der Waals surface area contributed by atoms with Crippen molar-refractivity contribution in [1.82, 2.24) is 10.2 Å². The third kappa shape index (κ3) is 8.32. The van der Waals surface area contributed by atoms with Crippen LogP contribution in [0, 0.1) is 0 Å². The molecule has 3 N–H and O–H groups in total. The molecule has 1 fully saturated rings. The zero-order valence-corrected chi connectivity index (χ0v) is 17.4. The third-order valence-corrected chi connectivity index (χ3v) is 4.77. The molecule has 0 saturated carbocycles. The van der Waals surface area contributed by atoms with Crippen LogP contribution in [0.25, 0.3) is 0 Å². The largest absolute Gasteiger partial charge is 0.497 e. The standard InChI is InChI=1S/C21H36N2O5/c1-16(2)27-11-8-22-13-17-12-20(26-3)4-5-21(17)28-15-19(25)14-23-9-6-18(24)7-10-23/h4-5,12,16,18-19,22,24-25H,6-11,13-15H2,1-3H3/t19-/m0/s1. The minimum Gasteiger partial charge on any atom is -0.497 e. The summed E-state index contributed by atoms with van der Waals surface area (Å²) in [6, 6.07) is 5.69. The lowest BCUT2D eigenvalue weighted by Gasteiger charge is -2.31. The summed E-state index contributed by atoms with van der Waals surface area (Å²) < 4.78 is 16.8. The van der Waals surface area contributed by atoms with Gasteiger partial charge in [0.15, 0.2) is 0 Å². The van der Waals surface area contributed by atoms with E-state index in [1.165, 1.54) is 0 Å². The fraction of sp³-hybridized carbons (Fsp3) is 0.714. The quantitative estimate of drug-likeness (QED) is 0.461. The van der Waals surface area contributed by atoms with Gasteiger partial charge in [0.1, 0.15) is 24.2 Å². The number of likely N-dealkylation sites (tertiary alicyclic amines) is 1. The van der Waals surface area contributed by atoms with Gasteiger partial charge in [-0.2, -0.15) is 0 Å². The van der Waals surface area contributed by atoms with E-state index in [1.807, 2.05) is 32.0 Å². The van der Waals surface area contributed by atoms with Gasteiger partial charge in [-0.05, 0) is 44.9 Å². The average Bonchev–Trinajstić information content (AvgIpc) is 2.68. The van der Waals surface area contributed by atoms with Crippen molar-refractivity contribution in [2.75, 3.05) is 46.5 Å². The number of piperidine rings is 1. The number of β-amino-alcohol motifs (C(OH)–C–C–N with tert-alkyl or cyclic N) is 1. The first-order valence-corrected chi connectivity index (χ1v) is 10.2. The second-order valence-electron chi connectivity index (χ2n) is 7.57. The van der Waals surface area contributed by atoms with E-state index in [2.05, 4.69) is 10.2 Å². The molecule has 7 nitrogen and oxygen atoms in total. The van der Waals surface area contributed by atoms with Gasteiger partial charge in [-0.25, -0.2) is 0 Å². The molecule has 0 radical (unpaired) electrons. The molecule has 2 rings (SSSR count). The number of ether oxygens (including phenoxy) is 3. The lowest BCUT2D eigenvalue weighted by Crippen LogP contribution is -2.41. The van der Waals surface area contributed by atoms with Crippen LogP contribution in [0.15, 0.2) is 18.2 Å². The van der Waals surface area contributed by atoms with Crippen LogP contribution in [0.4, 0.5) is 0 Å². The molecule has 0 aromatic heterocycles. The minimum atomic E-state index is -0.572. The third-order valence-electron chi connectivity index (χ3n) is 4.77. The Hall–Kier alpha value is -1.38. The summed E-state index contributed by atoms with van der Waals surface area (Å²) in [5, 5.41) is 23.3. The zero-order valence-electron chi connectivity index (χ0n) is 17.4. The maximum atomic E-state index is 10.3. The van der Waals surface area contributed by atoms with E-state index in [0.29, 0.717) is 19.7 Å². The second kappa shape index (κ2) is 12.2. The summed E-state index contributed by atoms with van der Waals surface area (Å²) >= 11 is 0. The summed E-state index contributed by atoms with van der Waals surface area (Å²) in [7, 11) is 1.64. The monoisotopic (exact) mass is 396 g/mol. The first-order chi connectivity index (χ1) is 13.5. The fourth-order valence-corrected chi connectivity index (χ4v) is 3.19. The Balaban J connectivity index is 1.81. The van der Waals surface area contributed by atoms with Gasteiger partial charge in [0.25, 0.3) is 0 Å². The number of nitrogens with zero attached hydrogens (tertiary/aromatic N) is 1. The van der Waals surface area contributed by atoms with E-state index in [0.717, 1.165) is 49.5 Å². The van der Waals surface area contributed by atoms with Crippen molar-refractivity contribution in [3.8, 4) is 11.5 Å². The Labute approximate surface area is 168 Å². The molecule has 0 aliphatic carbocycles. The van der Waals surface area contributed by atoms with Crippen LogP contribution < -0.4 is 14.8 Å². The number of benzene rings is 1. The molecule has 1 aliphatic heterocycles. The lowest BCUT2D eigenvalue weighted by molar-refractivity contribution is 0.0336. The van der Waals surface area contributed by atoms with Gasteiger partial charge in [0.05, 0.1) is 25.9 Å². The van der Waals surface area contributed by atoms with Gasteiger partial charge in [-0.15, -0.1) is 0 Å². The van der Waals surface area contributed by atoms with Crippen LogP contribution in [0.2, 0.25) is 0 Å². The Bertz CT molecular complexity index is 562. The van der Waals surface area contributed by atoms with E-state index >= 15 is 0 Å². The molecular formula is C21H36N2O5. The molecule has 0 spiro atoms. The van der Waals surface area contributed by atoms with Gasteiger partial charge >= 0.3 is 0 Å². The topological polar surface area (TPSA) is 83.4 Å². The van der Waals surface area contributed by atoms with Crippen molar-refractivity contribution in [1.29, 1.82) is 0 Å². The Morgan fingerprint density at radius 1 is 1.25 bits per heavy atom. The molecule has 1 aromatic rings. The highest BCUT2D eigenvalue weighted by atomic mass is 16.5. The molecule has 160 valence electrons. The number of hydrogen-bond acceptors (Lipinski definition) is 7. The molecule has 28 heavy (non-hydrogen) atoms. The van der Waals surface area contributed by atoms with Crippen molar-refractivity contribution in [2.24, 2.45) is 0 Å². The van der Waals surface area contributed by atoms with Crippen molar-refractivity contribution in [2.45, 2.75) is 51.5 Å². The first kappa shape index (κ1) is 22.9. The minimum absolute atomic E-state index is 0.204. The van der Waals surface area contributed by atoms with Gasteiger partial charge in [0.2, 0.25) is 0 Å². The van der Waals surface area contributed by atoms with Crippen LogP contribution in [0.3, 0.4) is 0 Å². The molecule has 1 aromatic carbocycles. The first-order valence-electron chi connectivity index (χ1n) is 10.2. The maximum absolute atomic E-state index is 10.3. The average molecular weight is 397 g/mol. The predicted octanol–water partition coefficient (Wildman–Crippen LogP) is 1.41. The van der Waals surface area contributed by atoms with E-state index in [1.54, 1.807) is 7.11 Å². The molecule has 0 bridgehead atoms. The van der Waals surface area contributed by atoms with Crippen molar-refractivity contribution in [3.05, 3.63) is 23.8 Å². The van der Waals surface area contributed by atoms with Crippen molar-refractivity contribution in [3.63, 3.8) is 0 Å². The van der Waals surface area contributed by atoms with Crippen LogP contribution in [-0.2, 0) is 11.3 Å². The summed E-state index contributed by atoms with van der Waals surface area (Å²) in [5.41, 5.74) is 0.984. The van der Waals surface area contributed by atoms with Crippen molar-refractivity contribution < 1.29 is 24.4 Å². The van der Waals surface area contributed by atoms with Gasteiger partial charge in [-0.1, -0.05) is 0 Å². The number of nitrogens with one attached hydrogen (secondary N) is 1.